The molecule has 2 N–H and O–H groups in total. The smallest absolute Gasteiger partial charge is 0.00178 e. The third kappa shape index (κ3) is 1.27. The molecule has 0 aromatic heterocycles. The zero-order chi connectivity index (χ0) is 11.4. The van der Waals surface area contributed by atoms with Crippen LogP contribution < -0.4 is 5.73 Å². The lowest BCUT2D eigenvalue weighted by Gasteiger charge is -2.63. The number of nitrogens with two attached hydrogens (primary N) is 1. The number of fused-ring (bicyclic) bond motifs is 2. The van der Waals surface area contributed by atoms with E-state index in [1.54, 1.807) is 0 Å². The molecule has 4 aliphatic rings. The molecule has 0 radical (unpaired) electrons. The molecule has 0 aliphatic heterocycles. The highest BCUT2D eigenvalue weighted by atomic mass is 14.7. The lowest BCUT2D eigenvalue weighted by Crippen LogP contribution is -2.57. The van der Waals surface area contributed by atoms with Gasteiger partial charge in [0.25, 0.3) is 0 Å². The number of rotatable bonds is 2. The summed E-state index contributed by atoms with van der Waals surface area (Å²) in [7, 11) is 0. The van der Waals surface area contributed by atoms with E-state index in [4.69, 9.17) is 5.73 Å². The van der Waals surface area contributed by atoms with E-state index in [-0.39, 0.29) is 0 Å². The van der Waals surface area contributed by atoms with E-state index >= 15 is 0 Å². The second-order valence-corrected chi connectivity index (χ2v) is 7.32. The van der Waals surface area contributed by atoms with Crippen molar-refractivity contribution in [3.8, 4) is 0 Å². The Morgan fingerprint density at radius 3 is 2.25 bits per heavy atom. The van der Waals surface area contributed by atoms with Gasteiger partial charge in [0.05, 0.1) is 0 Å². The second-order valence-electron chi connectivity index (χ2n) is 7.32. The second kappa shape index (κ2) is 3.48. The molecule has 4 fully saturated rings. The lowest BCUT2D eigenvalue weighted by atomic mass is 9.42. The maximum atomic E-state index is 6.17. The van der Waals surface area contributed by atoms with E-state index in [1.165, 1.54) is 44.9 Å². The van der Waals surface area contributed by atoms with Crippen molar-refractivity contribution in [2.24, 2.45) is 34.3 Å². The van der Waals surface area contributed by atoms with Crippen LogP contribution in [0.3, 0.4) is 0 Å². The van der Waals surface area contributed by atoms with Gasteiger partial charge in [-0.3, -0.25) is 0 Å². The summed E-state index contributed by atoms with van der Waals surface area (Å²) in [5.74, 6) is 2.98. The molecule has 0 aromatic rings. The Labute approximate surface area is 100 Å². The molecule has 4 aliphatic carbocycles. The van der Waals surface area contributed by atoms with Gasteiger partial charge >= 0.3 is 0 Å². The van der Waals surface area contributed by atoms with Gasteiger partial charge in [-0.15, -0.1) is 0 Å². The minimum Gasteiger partial charge on any atom is -0.330 e. The first-order chi connectivity index (χ1) is 7.60. The van der Waals surface area contributed by atoms with Crippen LogP contribution in [0.1, 0.15) is 58.8 Å². The van der Waals surface area contributed by atoms with E-state index in [9.17, 15) is 0 Å². The largest absolute Gasteiger partial charge is 0.330 e. The van der Waals surface area contributed by atoms with Crippen molar-refractivity contribution in [2.75, 3.05) is 6.54 Å². The molecule has 16 heavy (non-hydrogen) atoms. The fourth-order valence-corrected chi connectivity index (χ4v) is 5.35. The van der Waals surface area contributed by atoms with Gasteiger partial charge in [0, 0.05) is 0 Å². The monoisotopic (exact) mass is 221 g/mol. The van der Waals surface area contributed by atoms with Crippen LogP contribution in [0.4, 0.5) is 0 Å². The first-order valence-electron chi connectivity index (χ1n) is 7.30. The van der Waals surface area contributed by atoms with E-state index in [2.05, 4.69) is 13.8 Å². The van der Waals surface area contributed by atoms with Crippen molar-refractivity contribution in [1.82, 2.24) is 0 Å². The maximum Gasteiger partial charge on any atom is -0.00178 e. The zero-order valence-electron chi connectivity index (χ0n) is 11.0. The van der Waals surface area contributed by atoms with Crippen LogP contribution in [-0.2, 0) is 0 Å². The van der Waals surface area contributed by atoms with Gasteiger partial charge < -0.3 is 5.73 Å². The molecule has 0 spiro atoms. The third-order valence-corrected chi connectivity index (χ3v) is 6.65. The summed E-state index contributed by atoms with van der Waals surface area (Å²) in [6, 6.07) is 0. The molecule has 0 saturated heterocycles. The summed E-state index contributed by atoms with van der Waals surface area (Å²) >= 11 is 0. The van der Waals surface area contributed by atoms with Crippen LogP contribution >= 0.6 is 0 Å². The summed E-state index contributed by atoms with van der Waals surface area (Å²) in [5, 5.41) is 0. The van der Waals surface area contributed by atoms with Crippen molar-refractivity contribution < 1.29 is 0 Å². The van der Waals surface area contributed by atoms with Crippen molar-refractivity contribution in [3.63, 3.8) is 0 Å². The Balaban J connectivity index is 1.84. The molecule has 1 unspecified atom stereocenters. The van der Waals surface area contributed by atoms with E-state index < -0.39 is 0 Å². The molecule has 3 atom stereocenters. The van der Waals surface area contributed by atoms with Crippen LogP contribution in [0, 0.1) is 28.6 Å². The van der Waals surface area contributed by atoms with Gasteiger partial charge in [-0.25, -0.2) is 0 Å². The van der Waals surface area contributed by atoms with Crippen molar-refractivity contribution in [2.45, 2.75) is 58.8 Å². The molecule has 0 amide bonds. The quantitative estimate of drug-likeness (QED) is 0.758. The molecule has 0 aromatic carbocycles. The fraction of sp³-hybridized carbons (Fsp3) is 1.00. The maximum absolute atomic E-state index is 6.17. The standard InChI is InChI=1S/C15H27N/c1-14(2)11-5-6-12(13(14)9-11)15(10-16)7-3-4-8-15/h11-13H,3-10,16H2,1-2H3/t11-,12?,13-/m0/s1. The third-order valence-electron chi connectivity index (χ3n) is 6.65. The molecule has 2 bridgehead atoms. The topological polar surface area (TPSA) is 26.0 Å². The average Bonchev–Trinajstić information content (AvgIpc) is 2.78. The molecule has 1 nitrogen and oxygen atoms in total. The Kier molecular flexibility index (Phi) is 2.41. The van der Waals surface area contributed by atoms with E-state index in [1.807, 2.05) is 0 Å². The van der Waals surface area contributed by atoms with Crippen molar-refractivity contribution in [1.29, 1.82) is 0 Å². The Morgan fingerprint density at radius 2 is 1.75 bits per heavy atom. The normalized spacial score (nSPS) is 44.1. The van der Waals surface area contributed by atoms with Gasteiger partial charge in [0.2, 0.25) is 0 Å². The predicted molar refractivity (Wildman–Crippen MR) is 68.1 cm³/mol. The predicted octanol–water partition coefficient (Wildman–Crippen LogP) is 3.58. The van der Waals surface area contributed by atoms with Crippen LogP contribution in [0.5, 0.6) is 0 Å². The molecular formula is C15H27N. The van der Waals surface area contributed by atoms with Gasteiger partial charge in [0.1, 0.15) is 0 Å². The first kappa shape index (κ1) is 11.1. The molecule has 92 valence electrons. The van der Waals surface area contributed by atoms with Crippen LogP contribution in [0.25, 0.3) is 0 Å². The molecular weight excluding hydrogens is 194 g/mol. The number of hydrogen-bond acceptors (Lipinski definition) is 1. The van der Waals surface area contributed by atoms with E-state index in [0.29, 0.717) is 10.8 Å². The van der Waals surface area contributed by atoms with Gasteiger partial charge in [0.15, 0.2) is 0 Å². The minimum atomic E-state index is 0.549. The Morgan fingerprint density at radius 1 is 1.06 bits per heavy atom. The minimum absolute atomic E-state index is 0.549. The van der Waals surface area contributed by atoms with Gasteiger partial charge in [-0.05, 0) is 67.2 Å². The van der Waals surface area contributed by atoms with Crippen LogP contribution in [0.15, 0.2) is 0 Å². The van der Waals surface area contributed by atoms with E-state index in [0.717, 1.165) is 24.3 Å². The lowest BCUT2D eigenvalue weighted by molar-refractivity contribution is -0.141. The summed E-state index contributed by atoms with van der Waals surface area (Å²) in [6.45, 7) is 5.98. The SMILES string of the molecule is CC1(C)[C@H]2CCC(C3(CN)CCCC3)[C@@H]1C2. The van der Waals surface area contributed by atoms with Crippen LogP contribution in [0.2, 0.25) is 0 Å². The molecule has 0 heterocycles. The summed E-state index contributed by atoms with van der Waals surface area (Å²) in [6.07, 6.45) is 10.2. The highest BCUT2D eigenvalue weighted by Gasteiger charge is 2.59. The summed E-state index contributed by atoms with van der Waals surface area (Å²) in [4.78, 5) is 0. The summed E-state index contributed by atoms with van der Waals surface area (Å²) < 4.78 is 0. The van der Waals surface area contributed by atoms with Crippen molar-refractivity contribution in [3.05, 3.63) is 0 Å². The van der Waals surface area contributed by atoms with Crippen molar-refractivity contribution >= 4 is 0 Å². The molecule has 4 rings (SSSR count). The average molecular weight is 221 g/mol. The van der Waals surface area contributed by atoms with Gasteiger partial charge in [-0.2, -0.15) is 0 Å². The number of hydrogen-bond donors (Lipinski definition) is 1. The van der Waals surface area contributed by atoms with Crippen LogP contribution in [-0.4, -0.2) is 6.54 Å². The molecule has 4 saturated carbocycles. The fourth-order valence-electron chi connectivity index (χ4n) is 5.35. The highest BCUT2D eigenvalue weighted by molar-refractivity contribution is 5.08. The Hall–Kier alpha value is -0.0400. The molecule has 1 heteroatoms. The zero-order valence-corrected chi connectivity index (χ0v) is 11.0. The first-order valence-corrected chi connectivity index (χ1v) is 7.30. The van der Waals surface area contributed by atoms with Gasteiger partial charge in [-0.1, -0.05) is 26.7 Å². The Bertz CT molecular complexity index is 273. The summed E-state index contributed by atoms with van der Waals surface area (Å²) in [5.41, 5.74) is 7.35. The highest BCUT2D eigenvalue weighted by Crippen LogP contribution is 2.66.